The predicted molar refractivity (Wildman–Crippen MR) is 108 cm³/mol. The number of ether oxygens (including phenoxy) is 2. The smallest absolute Gasteiger partial charge is 0.325 e. The molecule has 0 atom stereocenters. The molecule has 0 saturated heterocycles. The van der Waals surface area contributed by atoms with Gasteiger partial charge in [0.2, 0.25) is 0 Å². The molecule has 0 aliphatic heterocycles. The molecule has 8 heteroatoms. The molecule has 0 aliphatic rings. The summed E-state index contributed by atoms with van der Waals surface area (Å²) in [5.74, 6) is 1.50. The number of carbonyl (C=O) groups excluding carboxylic acids is 2. The van der Waals surface area contributed by atoms with Gasteiger partial charge in [-0.1, -0.05) is 37.2 Å². The summed E-state index contributed by atoms with van der Waals surface area (Å²) in [6.45, 7) is 3.69. The Morgan fingerprint density at radius 3 is 2.43 bits per heavy atom. The van der Waals surface area contributed by atoms with Crippen LogP contribution in [0.5, 0.6) is 11.5 Å². The number of hydrogen-bond acceptors (Lipinski definition) is 7. The normalized spacial score (nSPS) is 10.6. The maximum atomic E-state index is 12.2. The first kappa shape index (κ1) is 21.0. The first-order valence-corrected chi connectivity index (χ1v) is 9.58. The fourth-order valence-electron chi connectivity index (χ4n) is 2.54. The Kier molecular flexibility index (Phi) is 7.15. The van der Waals surface area contributed by atoms with Gasteiger partial charge in [-0.3, -0.25) is 9.59 Å². The third kappa shape index (κ3) is 6.44. The van der Waals surface area contributed by atoms with E-state index in [0.717, 1.165) is 0 Å². The number of aromatic nitrogens is 2. The highest BCUT2D eigenvalue weighted by Gasteiger charge is 2.12. The second-order valence-corrected chi connectivity index (χ2v) is 6.99. The van der Waals surface area contributed by atoms with Gasteiger partial charge < -0.3 is 19.3 Å². The van der Waals surface area contributed by atoms with Crippen LogP contribution >= 0.6 is 0 Å². The van der Waals surface area contributed by atoms with Crippen LogP contribution in [0.15, 0.2) is 59.1 Å². The molecule has 0 radical (unpaired) electrons. The van der Waals surface area contributed by atoms with E-state index in [0.29, 0.717) is 35.2 Å². The molecule has 1 N–H and O–H groups in total. The van der Waals surface area contributed by atoms with Crippen molar-refractivity contribution < 1.29 is 23.6 Å². The second-order valence-electron chi connectivity index (χ2n) is 6.99. The number of benzene rings is 2. The molecule has 0 unspecified atom stereocenters. The van der Waals surface area contributed by atoms with Gasteiger partial charge in [0.05, 0.1) is 0 Å². The molecule has 8 nitrogen and oxygen atoms in total. The number of nitrogens with zero attached hydrogens (tertiary/aromatic N) is 2. The van der Waals surface area contributed by atoms with Crippen molar-refractivity contribution in [2.45, 2.75) is 26.9 Å². The van der Waals surface area contributed by atoms with Crippen LogP contribution in [0, 0.1) is 5.92 Å². The molecular formula is C22H23N3O5. The molecule has 1 aromatic heterocycles. The largest absolute Gasteiger partial charge is 0.457 e. The molecule has 0 spiro atoms. The molecule has 0 saturated carbocycles. The van der Waals surface area contributed by atoms with Gasteiger partial charge in [-0.2, -0.15) is 4.98 Å². The fraction of sp³-hybridized carbons (Fsp3) is 0.273. The molecule has 1 heterocycles. The fourth-order valence-corrected chi connectivity index (χ4v) is 2.54. The van der Waals surface area contributed by atoms with E-state index in [1.807, 2.05) is 44.2 Å². The van der Waals surface area contributed by atoms with Crippen LogP contribution in [0.25, 0.3) is 0 Å². The molecule has 156 valence electrons. The van der Waals surface area contributed by atoms with E-state index in [-0.39, 0.29) is 19.0 Å². The third-order valence-electron chi connectivity index (χ3n) is 3.95. The first-order chi connectivity index (χ1) is 14.5. The number of amides is 1. The number of carbonyl (C=O) groups is 2. The van der Waals surface area contributed by atoms with Crippen molar-refractivity contribution >= 4 is 11.9 Å². The Labute approximate surface area is 174 Å². The second kappa shape index (κ2) is 10.2. The lowest BCUT2D eigenvalue weighted by atomic mass is 10.1. The Bertz CT molecular complexity index is 968. The van der Waals surface area contributed by atoms with Crippen molar-refractivity contribution in [3.05, 3.63) is 71.9 Å². The van der Waals surface area contributed by atoms with Gasteiger partial charge in [-0.25, -0.2) is 0 Å². The zero-order valence-electron chi connectivity index (χ0n) is 16.8. The van der Waals surface area contributed by atoms with Gasteiger partial charge in [0.15, 0.2) is 12.4 Å². The maximum Gasteiger partial charge on any atom is 0.325 e. The highest BCUT2D eigenvalue weighted by atomic mass is 16.6. The summed E-state index contributed by atoms with van der Waals surface area (Å²) in [6, 6.07) is 15.9. The van der Waals surface area contributed by atoms with Gasteiger partial charge in [0, 0.05) is 12.0 Å². The van der Waals surface area contributed by atoms with Crippen molar-refractivity contribution in [2.24, 2.45) is 5.92 Å². The lowest BCUT2D eigenvalue weighted by Gasteiger charge is -2.07. The topological polar surface area (TPSA) is 104 Å². The van der Waals surface area contributed by atoms with E-state index in [9.17, 15) is 9.59 Å². The highest BCUT2D eigenvalue weighted by molar-refractivity contribution is 5.96. The monoisotopic (exact) mass is 409 g/mol. The average molecular weight is 409 g/mol. The van der Waals surface area contributed by atoms with Crippen LogP contribution in [0.2, 0.25) is 0 Å². The summed E-state index contributed by atoms with van der Waals surface area (Å²) in [5, 5.41) is 6.34. The summed E-state index contributed by atoms with van der Waals surface area (Å²) in [7, 11) is 0. The molecule has 0 fully saturated rings. The highest BCUT2D eigenvalue weighted by Crippen LogP contribution is 2.21. The predicted octanol–water partition coefficient (Wildman–Crippen LogP) is 3.53. The van der Waals surface area contributed by atoms with Crippen LogP contribution in [0.1, 0.15) is 35.9 Å². The quantitative estimate of drug-likeness (QED) is 0.539. The summed E-state index contributed by atoms with van der Waals surface area (Å²) < 4.78 is 15.8. The minimum Gasteiger partial charge on any atom is -0.457 e. The van der Waals surface area contributed by atoms with E-state index < -0.39 is 11.9 Å². The Morgan fingerprint density at radius 2 is 1.73 bits per heavy atom. The Morgan fingerprint density at radius 1 is 1.03 bits per heavy atom. The van der Waals surface area contributed by atoms with Crippen molar-refractivity contribution in [1.82, 2.24) is 15.5 Å². The van der Waals surface area contributed by atoms with E-state index in [1.54, 1.807) is 24.3 Å². The zero-order chi connectivity index (χ0) is 21.3. The SMILES string of the molecule is CC(C)Cc1noc(COC(=O)CNC(=O)c2ccc(Oc3ccccc3)cc2)n1. The maximum absolute atomic E-state index is 12.2. The van der Waals surface area contributed by atoms with Gasteiger partial charge in [0.25, 0.3) is 11.8 Å². The minimum atomic E-state index is -0.601. The summed E-state index contributed by atoms with van der Waals surface area (Å²) in [4.78, 5) is 28.2. The summed E-state index contributed by atoms with van der Waals surface area (Å²) in [5.41, 5.74) is 0.401. The van der Waals surface area contributed by atoms with Crippen molar-refractivity contribution in [1.29, 1.82) is 0 Å². The third-order valence-corrected chi connectivity index (χ3v) is 3.95. The molecule has 30 heavy (non-hydrogen) atoms. The van der Waals surface area contributed by atoms with Gasteiger partial charge in [-0.15, -0.1) is 0 Å². The van der Waals surface area contributed by atoms with Gasteiger partial charge in [0.1, 0.15) is 18.0 Å². The first-order valence-electron chi connectivity index (χ1n) is 9.58. The van der Waals surface area contributed by atoms with Gasteiger partial charge >= 0.3 is 5.97 Å². The van der Waals surface area contributed by atoms with Crippen molar-refractivity contribution in [2.75, 3.05) is 6.54 Å². The van der Waals surface area contributed by atoms with Crippen molar-refractivity contribution in [3.63, 3.8) is 0 Å². The number of rotatable bonds is 9. The Hall–Kier alpha value is -3.68. The van der Waals surface area contributed by atoms with Crippen LogP contribution in [0.3, 0.4) is 0 Å². The summed E-state index contributed by atoms with van der Waals surface area (Å²) in [6.07, 6.45) is 0.683. The van der Waals surface area contributed by atoms with E-state index in [1.165, 1.54) is 0 Å². The Balaban J connectivity index is 1.42. The lowest BCUT2D eigenvalue weighted by Crippen LogP contribution is -2.30. The molecule has 1 amide bonds. The van der Waals surface area contributed by atoms with E-state index >= 15 is 0 Å². The number of hydrogen-bond donors (Lipinski definition) is 1. The minimum absolute atomic E-state index is 0.134. The standard InChI is InChI=1S/C22H23N3O5/c1-15(2)12-19-24-20(30-25-19)14-28-21(26)13-23-22(27)16-8-10-18(11-9-16)29-17-6-4-3-5-7-17/h3-11,15H,12-14H2,1-2H3,(H,23,27). The number of para-hydroxylation sites is 1. The lowest BCUT2D eigenvalue weighted by molar-refractivity contribution is -0.144. The van der Waals surface area contributed by atoms with E-state index in [4.69, 9.17) is 14.0 Å². The molecule has 3 aromatic rings. The number of esters is 1. The van der Waals surface area contributed by atoms with Crippen LogP contribution in [-0.2, 0) is 22.6 Å². The van der Waals surface area contributed by atoms with Crippen molar-refractivity contribution in [3.8, 4) is 11.5 Å². The molecule has 3 rings (SSSR count). The zero-order valence-corrected chi connectivity index (χ0v) is 16.8. The van der Waals surface area contributed by atoms with Gasteiger partial charge in [-0.05, 0) is 42.3 Å². The summed E-state index contributed by atoms with van der Waals surface area (Å²) >= 11 is 0. The number of nitrogens with one attached hydrogen (secondary N) is 1. The van der Waals surface area contributed by atoms with Crippen LogP contribution in [0.4, 0.5) is 0 Å². The molecular weight excluding hydrogens is 386 g/mol. The van der Waals surface area contributed by atoms with Crippen LogP contribution in [-0.4, -0.2) is 28.6 Å². The van der Waals surface area contributed by atoms with Crippen LogP contribution < -0.4 is 10.1 Å². The average Bonchev–Trinajstić information content (AvgIpc) is 3.18. The molecule has 0 aliphatic carbocycles. The molecule has 0 bridgehead atoms. The molecule has 2 aromatic carbocycles. The van der Waals surface area contributed by atoms with E-state index in [2.05, 4.69) is 15.5 Å².